The highest BCUT2D eigenvalue weighted by Crippen LogP contribution is 2.43. The van der Waals surface area contributed by atoms with E-state index in [0.29, 0.717) is 33.4 Å². The number of nitro groups is 1. The summed E-state index contributed by atoms with van der Waals surface area (Å²) in [6, 6.07) is 18.1. The Balaban J connectivity index is 1.66. The van der Waals surface area contributed by atoms with E-state index in [1.54, 1.807) is 60.0 Å². The van der Waals surface area contributed by atoms with Crippen molar-refractivity contribution in [2.45, 2.75) is 23.9 Å². The zero-order valence-electron chi connectivity index (χ0n) is 20.3. The molecule has 0 radical (unpaired) electrons. The van der Waals surface area contributed by atoms with Crippen molar-refractivity contribution in [2.75, 3.05) is 13.7 Å². The Morgan fingerprint density at radius 1 is 1.21 bits per heavy atom. The van der Waals surface area contributed by atoms with Crippen molar-refractivity contribution in [2.24, 2.45) is 0 Å². The molecule has 0 aliphatic heterocycles. The standard InChI is InChI=1S/C26H21ClFN5O4S/c1-16-30-31-26(33(16)21-9-7-20(28)8-10-21)38-24(14-32(34)35)19-11-22(27)25(23(12-19)36-2)37-15-18-6-4-3-5-17(18)13-29/h3-12,24H,14-15H2,1-2H3/t24-/m1/s1. The van der Waals surface area contributed by atoms with E-state index in [9.17, 15) is 19.8 Å². The molecule has 0 N–H and O–H groups in total. The van der Waals surface area contributed by atoms with Crippen LogP contribution in [0.3, 0.4) is 0 Å². The number of methoxy groups -OCH3 is 1. The van der Waals surface area contributed by atoms with E-state index in [0.717, 1.165) is 11.8 Å². The third-order valence-electron chi connectivity index (χ3n) is 5.58. The van der Waals surface area contributed by atoms with Gasteiger partial charge in [-0.25, -0.2) is 4.39 Å². The van der Waals surface area contributed by atoms with E-state index >= 15 is 0 Å². The van der Waals surface area contributed by atoms with Gasteiger partial charge >= 0.3 is 0 Å². The van der Waals surface area contributed by atoms with E-state index in [2.05, 4.69) is 16.3 Å². The van der Waals surface area contributed by atoms with Crippen LogP contribution in [0.5, 0.6) is 11.5 Å². The van der Waals surface area contributed by atoms with E-state index in [1.807, 2.05) is 0 Å². The largest absolute Gasteiger partial charge is 0.493 e. The van der Waals surface area contributed by atoms with Crippen LogP contribution >= 0.6 is 23.4 Å². The van der Waals surface area contributed by atoms with Gasteiger partial charge in [0, 0.05) is 16.2 Å². The lowest BCUT2D eigenvalue weighted by Crippen LogP contribution is -2.12. The van der Waals surface area contributed by atoms with Crippen LogP contribution in [0.1, 0.15) is 27.8 Å². The molecular weight excluding hydrogens is 533 g/mol. The number of nitriles is 1. The zero-order chi connectivity index (χ0) is 27.2. The van der Waals surface area contributed by atoms with Gasteiger partial charge in [0.1, 0.15) is 23.5 Å². The van der Waals surface area contributed by atoms with Crippen LogP contribution in [0.15, 0.2) is 65.8 Å². The van der Waals surface area contributed by atoms with Crippen molar-refractivity contribution in [3.63, 3.8) is 0 Å². The van der Waals surface area contributed by atoms with Crippen molar-refractivity contribution in [3.05, 3.63) is 104 Å². The first-order valence-corrected chi connectivity index (χ1v) is 12.5. The minimum atomic E-state index is -0.715. The lowest BCUT2D eigenvalue weighted by Gasteiger charge is -2.18. The number of benzene rings is 3. The molecular formula is C26H21ClFN5O4S. The van der Waals surface area contributed by atoms with Crippen LogP contribution < -0.4 is 9.47 Å². The van der Waals surface area contributed by atoms with Gasteiger partial charge in [0.25, 0.3) is 0 Å². The van der Waals surface area contributed by atoms with Crippen LogP contribution in [-0.4, -0.2) is 33.3 Å². The van der Waals surface area contributed by atoms with Gasteiger partial charge in [0.15, 0.2) is 16.7 Å². The van der Waals surface area contributed by atoms with Gasteiger partial charge in [0.2, 0.25) is 6.54 Å². The minimum Gasteiger partial charge on any atom is -0.493 e. The van der Waals surface area contributed by atoms with Crippen molar-refractivity contribution in [1.82, 2.24) is 14.8 Å². The summed E-state index contributed by atoms with van der Waals surface area (Å²) >= 11 is 7.69. The summed E-state index contributed by atoms with van der Waals surface area (Å²) in [6.45, 7) is 1.38. The topological polar surface area (TPSA) is 116 Å². The Labute approximate surface area is 226 Å². The molecule has 0 saturated carbocycles. The molecule has 0 aliphatic carbocycles. The summed E-state index contributed by atoms with van der Waals surface area (Å²) in [6.07, 6.45) is 0. The highest BCUT2D eigenvalue weighted by Gasteiger charge is 2.26. The summed E-state index contributed by atoms with van der Waals surface area (Å²) in [5, 5.41) is 29.1. The first-order valence-electron chi connectivity index (χ1n) is 11.2. The van der Waals surface area contributed by atoms with Crippen LogP contribution in [0.4, 0.5) is 4.39 Å². The van der Waals surface area contributed by atoms with Gasteiger partial charge in [0.05, 0.1) is 23.8 Å². The molecule has 0 aliphatic rings. The van der Waals surface area contributed by atoms with Crippen molar-refractivity contribution < 1.29 is 18.8 Å². The number of rotatable bonds is 10. The predicted molar refractivity (Wildman–Crippen MR) is 140 cm³/mol. The summed E-state index contributed by atoms with van der Waals surface area (Å²) in [7, 11) is 1.44. The zero-order valence-corrected chi connectivity index (χ0v) is 21.9. The second kappa shape index (κ2) is 11.9. The van der Waals surface area contributed by atoms with E-state index < -0.39 is 16.7 Å². The highest BCUT2D eigenvalue weighted by molar-refractivity contribution is 7.99. The molecule has 1 heterocycles. The molecule has 0 spiro atoms. The van der Waals surface area contributed by atoms with Crippen LogP contribution in [-0.2, 0) is 6.61 Å². The fraction of sp³-hybridized carbons (Fsp3) is 0.192. The first kappa shape index (κ1) is 26.9. The summed E-state index contributed by atoms with van der Waals surface area (Å²) in [5.41, 5.74) is 2.29. The molecule has 0 amide bonds. The van der Waals surface area contributed by atoms with Gasteiger partial charge in [-0.1, -0.05) is 41.6 Å². The normalized spacial score (nSPS) is 11.6. The Morgan fingerprint density at radius 2 is 1.95 bits per heavy atom. The molecule has 1 aromatic heterocycles. The lowest BCUT2D eigenvalue weighted by molar-refractivity contribution is -0.479. The maximum Gasteiger partial charge on any atom is 0.220 e. The quantitative estimate of drug-likeness (QED) is 0.135. The molecule has 9 nitrogen and oxygen atoms in total. The Hall–Kier alpha value is -4.14. The SMILES string of the molecule is COc1cc([C@@H](C[N+](=O)[O-])Sc2nnc(C)n2-c2ccc(F)cc2)cc(Cl)c1OCc1ccccc1C#N. The number of aryl methyl sites for hydroxylation is 1. The van der Waals surface area contributed by atoms with Crippen molar-refractivity contribution in [1.29, 1.82) is 5.26 Å². The maximum atomic E-state index is 13.5. The highest BCUT2D eigenvalue weighted by atomic mass is 35.5. The third-order valence-corrected chi connectivity index (χ3v) is 7.04. The molecule has 3 aromatic carbocycles. The Morgan fingerprint density at radius 3 is 2.63 bits per heavy atom. The fourth-order valence-corrected chi connectivity index (χ4v) is 5.18. The predicted octanol–water partition coefficient (Wildman–Crippen LogP) is 5.94. The Kier molecular flexibility index (Phi) is 8.45. The maximum absolute atomic E-state index is 13.5. The van der Waals surface area contributed by atoms with Gasteiger partial charge in [-0.3, -0.25) is 14.7 Å². The number of thioether (sulfide) groups is 1. The van der Waals surface area contributed by atoms with E-state index in [-0.39, 0.29) is 28.9 Å². The smallest absolute Gasteiger partial charge is 0.220 e. The molecule has 0 saturated heterocycles. The van der Waals surface area contributed by atoms with Gasteiger partial charge in [-0.05, 0) is 55.0 Å². The molecule has 194 valence electrons. The molecule has 0 bridgehead atoms. The summed E-state index contributed by atoms with van der Waals surface area (Å²) in [5.74, 6) is 0.684. The molecule has 38 heavy (non-hydrogen) atoms. The first-order chi connectivity index (χ1) is 18.3. The van der Waals surface area contributed by atoms with Gasteiger partial charge in [-0.2, -0.15) is 5.26 Å². The Bertz CT molecular complexity index is 1510. The molecule has 4 rings (SSSR count). The second-order valence-corrected chi connectivity index (χ2v) is 9.63. The van der Waals surface area contributed by atoms with Gasteiger partial charge < -0.3 is 9.47 Å². The van der Waals surface area contributed by atoms with Crippen molar-refractivity contribution >= 4 is 23.4 Å². The molecule has 0 unspecified atom stereocenters. The van der Waals surface area contributed by atoms with E-state index in [4.69, 9.17) is 21.1 Å². The molecule has 4 aromatic rings. The fourth-order valence-electron chi connectivity index (χ4n) is 3.75. The summed E-state index contributed by atoms with van der Waals surface area (Å²) < 4.78 is 26.6. The van der Waals surface area contributed by atoms with Crippen molar-refractivity contribution in [3.8, 4) is 23.3 Å². The summed E-state index contributed by atoms with van der Waals surface area (Å²) in [4.78, 5) is 11.2. The van der Waals surface area contributed by atoms with Crippen LogP contribution in [0, 0.1) is 34.2 Å². The number of halogens is 2. The van der Waals surface area contributed by atoms with Crippen LogP contribution in [0.25, 0.3) is 5.69 Å². The van der Waals surface area contributed by atoms with Crippen LogP contribution in [0.2, 0.25) is 5.02 Å². The number of hydrogen-bond acceptors (Lipinski definition) is 8. The molecule has 1 atom stereocenters. The number of aromatic nitrogens is 3. The average Bonchev–Trinajstić information content (AvgIpc) is 3.27. The molecule has 12 heteroatoms. The van der Waals surface area contributed by atoms with Gasteiger partial charge in [-0.15, -0.1) is 10.2 Å². The number of nitrogens with zero attached hydrogens (tertiary/aromatic N) is 5. The lowest BCUT2D eigenvalue weighted by atomic mass is 10.1. The monoisotopic (exact) mass is 553 g/mol. The van der Waals surface area contributed by atoms with E-state index in [1.165, 1.54) is 19.2 Å². The minimum absolute atomic E-state index is 0.0757. The third kappa shape index (κ3) is 6.04. The number of hydrogen-bond donors (Lipinski definition) is 0. The average molecular weight is 554 g/mol. The second-order valence-electron chi connectivity index (χ2n) is 8.06. The number of ether oxygens (including phenoxy) is 2. The molecule has 0 fully saturated rings.